The first-order valence-corrected chi connectivity index (χ1v) is 9.18. The number of ether oxygens (including phenoxy) is 2. The van der Waals surface area contributed by atoms with Crippen molar-refractivity contribution in [2.24, 2.45) is 0 Å². The molecule has 9 nitrogen and oxygen atoms in total. The van der Waals surface area contributed by atoms with E-state index in [2.05, 4.69) is 31.8 Å². The van der Waals surface area contributed by atoms with Crippen molar-refractivity contribution in [3.8, 4) is 23.5 Å². The Bertz CT molecular complexity index is 1250. The summed E-state index contributed by atoms with van der Waals surface area (Å²) in [6, 6.07) is 1.77. The first-order valence-electron chi connectivity index (χ1n) is 9.18. The molecule has 0 saturated carbocycles. The van der Waals surface area contributed by atoms with E-state index in [1.165, 1.54) is 0 Å². The van der Waals surface area contributed by atoms with E-state index in [1.54, 1.807) is 38.2 Å². The molecule has 4 heterocycles. The molecule has 0 aromatic carbocycles. The van der Waals surface area contributed by atoms with Gasteiger partial charge in [-0.25, -0.2) is 4.98 Å². The lowest BCUT2D eigenvalue weighted by Crippen LogP contribution is -2.07. The molecule has 0 aliphatic carbocycles. The Hall–Kier alpha value is -4.06. The van der Waals surface area contributed by atoms with Crippen LogP contribution in [-0.4, -0.2) is 38.2 Å². The number of hydrogen-bond acceptors (Lipinski definition) is 8. The third kappa shape index (κ3) is 3.75. The number of furan rings is 1. The van der Waals surface area contributed by atoms with Crippen molar-refractivity contribution in [3.05, 3.63) is 53.5 Å². The normalized spacial score (nSPS) is 10.6. The average Bonchev–Trinajstić information content (AvgIpc) is 3.38. The summed E-state index contributed by atoms with van der Waals surface area (Å²) in [6.07, 6.45) is 6.57. The topological polar surface area (TPSA) is 114 Å². The molecule has 0 bridgehead atoms. The van der Waals surface area contributed by atoms with Crippen molar-refractivity contribution in [2.45, 2.75) is 20.4 Å². The number of nitrogens with two attached hydrogens (primary N) is 1. The molecule has 0 spiro atoms. The van der Waals surface area contributed by atoms with Gasteiger partial charge in [0.15, 0.2) is 17.8 Å². The van der Waals surface area contributed by atoms with Gasteiger partial charge in [0, 0.05) is 17.3 Å². The zero-order valence-corrected chi connectivity index (χ0v) is 16.8. The summed E-state index contributed by atoms with van der Waals surface area (Å²) in [5.41, 5.74) is 10.5. The highest BCUT2D eigenvalue weighted by Gasteiger charge is 2.16. The number of anilines is 1. The second-order valence-electron chi connectivity index (χ2n) is 6.58. The van der Waals surface area contributed by atoms with Crippen molar-refractivity contribution >= 4 is 17.1 Å². The summed E-state index contributed by atoms with van der Waals surface area (Å²) in [4.78, 5) is 17.4. The molecule has 4 aromatic heterocycles. The summed E-state index contributed by atoms with van der Waals surface area (Å²) in [5.74, 6) is 7.02. The van der Waals surface area contributed by atoms with Gasteiger partial charge in [0.05, 0.1) is 37.5 Å². The van der Waals surface area contributed by atoms with Crippen LogP contribution in [0.1, 0.15) is 22.4 Å². The molecule has 4 aromatic rings. The molecule has 0 saturated heterocycles. The van der Waals surface area contributed by atoms with E-state index < -0.39 is 0 Å². The minimum absolute atomic E-state index is 0.0909. The first kappa shape index (κ1) is 19.3. The molecule has 0 aliphatic heterocycles. The van der Waals surface area contributed by atoms with Gasteiger partial charge in [-0.3, -0.25) is 4.98 Å². The fourth-order valence-corrected chi connectivity index (χ4v) is 3.12. The smallest absolute Gasteiger partial charge is 0.248 e. The summed E-state index contributed by atoms with van der Waals surface area (Å²) in [5, 5.41) is 0. The van der Waals surface area contributed by atoms with Gasteiger partial charge in [0.2, 0.25) is 11.8 Å². The van der Waals surface area contributed by atoms with Crippen molar-refractivity contribution in [1.29, 1.82) is 0 Å². The number of nitrogens with zero attached hydrogens (tertiary/aromatic N) is 5. The van der Waals surface area contributed by atoms with Gasteiger partial charge in [-0.1, -0.05) is 11.8 Å². The van der Waals surface area contributed by atoms with Crippen LogP contribution >= 0.6 is 0 Å². The molecule has 2 N–H and O–H groups in total. The second-order valence-corrected chi connectivity index (χ2v) is 6.58. The molecule has 4 rings (SSSR count). The van der Waals surface area contributed by atoms with Crippen LogP contribution in [0.4, 0.5) is 5.95 Å². The Morgan fingerprint density at radius 1 is 1.23 bits per heavy atom. The largest absolute Gasteiger partial charge is 0.496 e. The Balaban J connectivity index is 1.61. The predicted octanol–water partition coefficient (Wildman–Crippen LogP) is 2.50. The number of aryl methyl sites for hydroxylation is 1. The third-order valence-corrected chi connectivity index (χ3v) is 4.55. The van der Waals surface area contributed by atoms with E-state index in [0.29, 0.717) is 17.7 Å². The number of rotatable bonds is 5. The van der Waals surface area contributed by atoms with Crippen molar-refractivity contribution in [3.63, 3.8) is 0 Å². The minimum atomic E-state index is 0.0909. The fourth-order valence-electron chi connectivity index (χ4n) is 3.12. The monoisotopic (exact) mass is 404 g/mol. The van der Waals surface area contributed by atoms with Crippen molar-refractivity contribution in [1.82, 2.24) is 24.5 Å². The zero-order chi connectivity index (χ0) is 21.1. The molecular formula is C21H20N6O3. The van der Waals surface area contributed by atoms with Crippen LogP contribution in [0.15, 0.2) is 35.5 Å². The standard InChI is InChI=1S/C21H20N6O3/c1-13-9-23-16(14(2)18(13)28-3)10-27-12-24-17-19(27)25-21(22)26-20(17)30-7-4-5-15-6-8-29-11-15/h6,8-9,11-12H,7,10H2,1-3H3,(H2,22,25,26). The molecule has 0 unspecified atom stereocenters. The predicted molar refractivity (Wildman–Crippen MR) is 110 cm³/mol. The molecule has 0 fully saturated rings. The summed E-state index contributed by atoms with van der Waals surface area (Å²) < 4.78 is 18.0. The number of methoxy groups -OCH3 is 1. The van der Waals surface area contributed by atoms with Crippen LogP contribution in [0.2, 0.25) is 0 Å². The number of aromatic nitrogens is 5. The lowest BCUT2D eigenvalue weighted by molar-refractivity contribution is 0.359. The number of hydrogen-bond donors (Lipinski definition) is 1. The van der Waals surface area contributed by atoms with Crippen LogP contribution in [0.3, 0.4) is 0 Å². The fraction of sp³-hybridized carbons (Fsp3) is 0.238. The molecular weight excluding hydrogens is 384 g/mol. The highest BCUT2D eigenvalue weighted by atomic mass is 16.5. The van der Waals surface area contributed by atoms with E-state index in [9.17, 15) is 0 Å². The molecule has 30 heavy (non-hydrogen) atoms. The lowest BCUT2D eigenvalue weighted by atomic mass is 10.1. The van der Waals surface area contributed by atoms with Crippen LogP contribution in [0.5, 0.6) is 11.6 Å². The van der Waals surface area contributed by atoms with Gasteiger partial charge >= 0.3 is 0 Å². The van der Waals surface area contributed by atoms with Gasteiger partial charge in [-0.2, -0.15) is 9.97 Å². The molecule has 0 radical (unpaired) electrons. The Labute approximate surface area is 172 Å². The van der Waals surface area contributed by atoms with Crippen LogP contribution in [-0.2, 0) is 6.54 Å². The third-order valence-electron chi connectivity index (χ3n) is 4.55. The lowest BCUT2D eigenvalue weighted by Gasteiger charge is -2.13. The summed E-state index contributed by atoms with van der Waals surface area (Å²) in [7, 11) is 1.65. The van der Waals surface area contributed by atoms with E-state index in [1.807, 2.05) is 18.4 Å². The van der Waals surface area contributed by atoms with Crippen LogP contribution < -0.4 is 15.2 Å². The van der Waals surface area contributed by atoms with Gasteiger partial charge in [-0.15, -0.1) is 0 Å². The number of nitrogen functional groups attached to an aromatic ring is 1. The van der Waals surface area contributed by atoms with Gasteiger partial charge in [-0.05, 0) is 19.9 Å². The van der Waals surface area contributed by atoms with Gasteiger partial charge in [0.1, 0.15) is 12.0 Å². The van der Waals surface area contributed by atoms with E-state index >= 15 is 0 Å². The maximum absolute atomic E-state index is 5.90. The van der Waals surface area contributed by atoms with Crippen molar-refractivity contribution in [2.75, 3.05) is 19.5 Å². The Morgan fingerprint density at radius 3 is 2.87 bits per heavy atom. The maximum Gasteiger partial charge on any atom is 0.248 e. The maximum atomic E-state index is 5.90. The second kappa shape index (κ2) is 8.13. The number of fused-ring (bicyclic) bond motifs is 1. The molecule has 0 atom stereocenters. The molecule has 0 aliphatic rings. The highest BCUT2D eigenvalue weighted by Crippen LogP contribution is 2.26. The first-order chi connectivity index (χ1) is 14.6. The van der Waals surface area contributed by atoms with Crippen LogP contribution in [0.25, 0.3) is 11.2 Å². The molecule has 0 amide bonds. The van der Waals surface area contributed by atoms with Gasteiger partial charge in [0.25, 0.3) is 0 Å². The summed E-state index contributed by atoms with van der Waals surface area (Å²) in [6.45, 7) is 4.51. The molecule has 9 heteroatoms. The average molecular weight is 404 g/mol. The van der Waals surface area contributed by atoms with Crippen LogP contribution in [0, 0.1) is 25.7 Å². The Morgan fingerprint density at radius 2 is 2.10 bits per heavy atom. The summed E-state index contributed by atoms with van der Waals surface area (Å²) >= 11 is 0. The number of imidazole rings is 1. The number of pyridine rings is 1. The quantitative estimate of drug-likeness (QED) is 0.505. The van der Waals surface area contributed by atoms with Crippen molar-refractivity contribution < 1.29 is 13.9 Å². The van der Waals surface area contributed by atoms with Gasteiger partial charge < -0.3 is 24.2 Å². The van der Waals surface area contributed by atoms with E-state index in [-0.39, 0.29) is 18.4 Å². The SMILES string of the molecule is COc1c(C)cnc(Cn2cnc3c(OCC#Cc4ccoc4)nc(N)nc32)c1C. The Kier molecular flexibility index (Phi) is 5.22. The van der Waals surface area contributed by atoms with E-state index in [4.69, 9.17) is 19.6 Å². The highest BCUT2D eigenvalue weighted by molar-refractivity contribution is 5.77. The zero-order valence-electron chi connectivity index (χ0n) is 16.8. The minimum Gasteiger partial charge on any atom is -0.496 e. The molecule has 152 valence electrons. The van der Waals surface area contributed by atoms with E-state index in [0.717, 1.165) is 28.1 Å².